The number of nitrogens with zero attached hydrogens (tertiary/aromatic N) is 5. The zero-order valence-corrected chi connectivity index (χ0v) is 19.1. The zero-order chi connectivity index (χ0) is 22.0. The van der Waals surface area contributed by atoms with Gasteiger partial charge in [0.1, 0.15) is 11.6 Å². The van der Waals surface area contributed by atoms with Gasteiger partial charge in [0.05, 0.1) is 36.1 Å². The third-order valence-corrected chi connectivity index (χ3v) is 7.68. The molecule has 32 heavy (non-hydrogen) atoms. The first-order valence-corrected chi connectivity index (χ1v) is 11.8. The third-order valence-electron chi connectivity index (χ3n) is 7.68. The number of hydrogen-bond donors (Lipinski definition) is 1. The van der Waals surface area contributed by atoms with Crippen molar-refractivity contribution < 1.29 is 9.84 Å². The van der Waals surface area contributed by atoms with E-state index in [0.29, 0.717) is 18.1 Å². The fourth-order valence-electron chi connectivity index (χ4n) is 5.85. The summed E-state index contributed by atoms with van der Waals surface area (Å²) >= 11 is 0. The van der Waals surface area contributed by atoms with Crippen molar-refractivity contribution in [1.82, 2.24) is 19.7 Å². The van der Waals surface area contributed by atoms with Crippen LogP contribution in [0.5, 0.6) is 0 Å². The van der Waals surface area contributed by atoms with Crippen LogP contribution in [0.15, 0.2) is 24.4 Å². The van der Waals surface area contributed by atoms with Gasteiger partial charge < -0.3 is 14.7 Å². The number of anilines is 1. The molecule has 2 aliphatic heterocycles. The van der Waals surface area contributed by atoms with E-state index in [2.05, 4.69) is 30.0 Å². The van der Waals surface area contributed by atoms with Gasteiger partial charge in [0, 0.05) is 18.0 Å². The first-order valence-electron chi connectivity index (χ1n) is 11.8. The molecular weight excluding hydrogens is 402 g/mol. The summed E-state index contributed by atoms with van der Waals surface area (Å²) in [6.45, 7) is 7.78. The fraction of sp³-hybridized carbons (Fsp3) is 0.560. The Morgan fingerprint density at radius 2 is 1.88 bits per heavy atom. The number of morpholine rings is 1. The Morgan fingerprint density at radius 1 is 1.09 bits per heavy atom. The van der Waals surface area contributed by atoms with Crippen LogP contribution in [-0.4, -0.2) is 55.8 Å². The highest BCUT2D eigenvalue weighted by Gasteiger charge is 2.40. The molecule has 3 aliphatic rings. The molecule has 2 bridgehead atoms. The summed E-state index contributed by atoms with van der Waals surface area (Å²) in [6.07, 6.45) is 7.08. The van der Waals surface area contributed by atoms with Crippen molar-refractivity contribution in [1.29, 1.82) is 0 Å². The number of aliphatic hydroxyl groups is 1. The second kappa shape index (κ2) is 7.25. The minimum absolute atomic E-state index is 0.325. The van der Waals surface area contributed by atoms with Crippen LogP contribution in [0, 0.1) is 13.8 Å². The van der Waals surface area contributed by atoms with Crippen molar-refractivity contribution in [2.24, 2.45) is 0 Å². The smallest absolute Gasteiger partial charge is 0.159 e. The van der Waals surface area contributed by atoms with E-state index in [0.717, 1.165) is 73.6 Å². The molecular formula is C25H31N5O2. The van der Waals surface area contributed by atoms with Crippen LogP contribution in [0.25, 0.3) is 16.7 Å². The lowest BCUT2D eigenvalue weighted by Gasteiger charge is -2.34. The molecule has 4 heterocycles. The van der Waals surface area contributed by atoms with E-state index in [-0.39, 0.29) is 0 Å². The lowest BCUT2D eigenvalue weighted by molar-refractivity contribution is 0.0171. The van der Waals surface area contributed by atoms with Crippen LogP contribution in [0.4, 0.5) is 5.82 Å². The Labute approximate surface area is 188 Å². The molecule has 0 amide bonds. The molecule has 3 aromatic rings. The summed E-state index contributed by atoms with van der Waals surface area (Å²) in [5.41, 5.74) is 3.23. The van der Waals surface area contributed by atoms with Gasteiger partial charge in [0.25, 0.3) is 0 Å². The number of fused-ring (bicyclic) bond motifs is 3. The molecule has 1 aliphatic carbocycles. The van der Waals surface area contributed by atoms with Crippen LogP contribution < -0.4 is 4.90 Å². The van der Waals surface area contributed by atoms with Gasteiger partial charge in [-0.2, -0.15) is 5.10 Å². The lowest BCUT2D eigenvalue weighted by Crippen LogP contribution is -2.37. The second-order valence-electron chi connectivity index (χ2n) is 10.2. The summed E-state index contributed by atoms with van der Waals surface area (Å²) in [4.78, 5) is 11.8. The molecule has 1 aromatic carbocycles. The van der Waals surface area contributed by atoms with Crippen molar-refractivity contribution in [3.63, 3.8) is 0 Å². The molecule has 7 nitrogen and oxygen atoms in total. The molecule has 0 spiro atoms. The van der Waals surface area contributed by atoms with Gasteiger partial charge in [0.15, 0.2) is 5.82 Å². The molecule has 2 aromatic heterocycles. The first-order chi connectivity index (χ1) is 15.4. The highest BCUT2D eigenvalue weighted by molar-refractivity contribution is 5.82. The molecule has 0 unspecified atom stereocenters. The van der Waals surface area contributed by atoms with Crippen LogP contribution in [0.1, 0.15) is 61.9 Å². The van der Waals surface area contributed by atoms with Gasteiger partial charge in [0.2, 0.25) is 0 Å². The van der Waals surface area contributed by atoms with E-state index in [9.17, 15) is 5.11 Å². The standard InChI is InChI=1S/C25H31N5O2/c1-15-8-18-12-26-30(22(18)10-21(15)17-4-6-25(3,31)7-5-17)24-11-23(27-16(2)28-24)29-13-20-9-19(29)14-32-20/h8,10-12,17,19-20,31H,4-7,9,13-14H2,1-3H3/t17?,19-,20-,25?/m1/s1. The molecule has 1 N–H and O–H groups in total. The van der Waals surface area contributed by atoms with E-state index in [1.54, 1.807) is 0 Å². The number of benzene rings is 1. The van der Waals surface area contributed by atoms with Crippen LogP contribution >= 0.6 is 0 Å². The minimum atomic E-state index is -0.523. The van der Waals surface area contributed by atoms with Crippen molar-refractivity contribution >= 4 is 16.7 Å². The van der Waals surface area contributed by atoms with Gasteiger partial charge >= 0.3 is 0 Å². The zero-order valence-electron chi connectivity index (χ0n) is 19.1. The van der Waals surface area contributed by atoms with Crippen molar-refractivity contribution in [3.8, 4) is 5.82 Å². The fourth-order valence-corrected chi connectivity index (χ4v) is 5.85. The Bertz CT molecular complexity index is 1180. The number of hydrogen-bond acceptors (Lipinski definition) is 6. The molecule has 6 rings (SSSR count). The molecule has 0 radical (unpaired) electrons. The Hall–Kier alpha value is -2.51. The maximum Gasteiger partial charge on any atom is 0.159 e. The predicted molar refractivity (Wildman–Crippen MR) is 123 cm³/mol. The van der Waals surface area contributed by atoms with Gasteiger partial charge in [-0.15, -0.1) is 0 Å². The van der Waals surface area contributed by atoms with E-state index in [1.165, 1.54) is 11.1 Å². The van der Waals surface area contributed by atoms with Gasteiger partial charge in [-0.05, 0) is 82.1 Å². The summed E-state index contributed by atoms with van der Waals surface area (Å²) in [5.74, 6) is 3.01. The second-order valence-corrected chi connectivity index (χ2v) is 10.2. The quantitative estimate of drug-likeness (QED) is 0.677. The Kier molecular flexibility index (Phi) is 4.56. The largest absolute Gasteiger partial charge is 0.390 e. The molecule has 2 atom stereocenters. The highest BCUT2D eigenvalue weighted by atomic mass is 16.5. The Morgan fingerprint density at radius 3 is 2.59 bits per heavy atom. The number of rotatable bonds is 3. The molecule has 7 heteroatoms. The first kappa shape index (κ1) is 20.1. The average Bonchev–Trinajstić information content (AvgIpc) is 3.48. The maximum absolute atomic E-state index is 10.4. The van der Waals surface area contributed by atoms with Gasteiger partial charge in [-0.25, -0.2) is 14.6 Å². The number of aromatic nitrogens is 4. The average molecular weight is 434 g/mol. The van der Waals surface area contributed by atoms with Crippen LogP contribution in [0.3, 0.4) is 0 Å². The predicted octanol–water partition coefficient (Wildman–Crippen LogP) is 3.82. The van der Waals surface area contributed by atoms with Crippen molar-refractivity contribution in [2.45, 2.75) is 76.5 Å². The normalized spacial score (nSPS) is 29.9. The molecule has 1 saturated carbocycles. The minimum Gasteiger partial charge on any atom is -0.390 e. The lowest BCUT2D eigenvalue weighted by atomic mass is 9.76. The van der Waals surface area contributed by atoms with Gasteiger partial charge in [-0.3, -0.25) is 0 Å². The van der Waals surface area contributed by atoms with E-state index < -0.39 is 5.60 Å². The number of aryl methyl sites for hydroxylation is 2. The topological polar surface area (TPSA) is 76.3 Å². The summed E-state index contributed by atoms with van der Waals surface area (Å²) < 4.78 is 7.73. The van der Waals surface area contributed by atoms with Crippen LogP contribution in [-0.2, 0) is 4.74 Å². The van der Waals surface area contributed by atoms with E-state index in [1.807, 2.05) is 24.7 Å². The summed E-state index contributed by atoms with van der Waals surface area (Å²) in [7, 11) is 0. The van der Waals surface area contributed by atoms with E-state index in [4.69, 9.17) is 19.8 Å². The SMILES string of the molecule is Cc1nc(N2C[C@H]3C[C@@H]2CO3)cc(-n2ncc3cc(C)c(C4CCC(C)(O)CC4)cc32)n1. The highest BCUT2D eigenvalue weighted by Crippen LogP contribution is 2.40. The molecule has 3 fully saturated rings. The monoisotopic (exact) mass is 433 g/mol. The van der Waals surface area contributed by atoms with Crippen molar-refractivity contribution in [3.05, 3.63) is 41.3 Å². The van der Waals surface area contributed by atoms with E-state index >= 15 is 0 Å². The number of ether oxygens (including phenoxy) is 1. The van der Waals surface area contributed by atoms with Gasteiger partial charge in [-0.1, -0.05) is 0 Å². The summed E-state index contributed by atoms with van der Waals surface area (Å²) in [5, 5.41) is 16.2. The molecule has 168 valence electrons. The van der Waals surface area contributed by atoms with Crippen molar-refractivity contribution in [2.75, 3.05) is 18.1 Å². The third kappa shape index (κ3) is 3.39. The molecule has 2 saturated heterocycles. The van der Waals surface area contributed by atoms with Crippen LogP contribution in [0.2, 0.25) is 0 Å². The maximum atomic E-state index is 10.4. The summed E-state index contributed by atoms with van der Waals surface area (Å²) in [6, 6.07) is 7.02. The Balaban J connectivity index is 1.38.